The Kier molecular flexibility index (Phi) is 4.26. The van der Waals surface area contributed by atoms with Crippen molar-refractivity contribution < 1.29 is 0 Å². The summed E-state index contributed by atoms with van der Waals surface area (Å²) in [5.74, 6) is 1.62. The first-order valence-corrected chi connectivity index (χ1v) is 8.45. The molecule has 2 aromatic heterocycles. The summed E-state index contributed by atoms with van der Waals surface area (Å²) in [6.45, 7) is 6.71. The first kappa shape index (κ1) is 15.5. The number of hydrogen-bond donors (Lipinski definition) is 1. The van der Waals surface area contributed by atoms with Crippen molar-refractivity contribution in [3.05, 3.63) is 50.1 Å². The molecule has 0 aliphatic carbocycles. The van der Waals surface area contributed by atoms with Gasteiger partial charge in [0.1, 0.15) is 16.5 Å². The van der Waals surface area contributed by atoms with Crippen LogP contribution in [-0.4, -0.2) is 9.97 Å². The van der Waals surface area contributed by atoms with Crippen LogP contribution < -0.4 is 5.32 Å². The molecule has 0 unspecified atom stereocenters. The predicted octanol–water partition coefficient (Wildman–Crippen LogP) is 5.54. The van der Waals surface area contributed by atoms with Crippen molar-refractivity contribution in [2.24, 2.45) is 0 Å². The van der Waals surface area contributed by atoms with E-state index in [4.69, 9.17) is 23.2 Å². The fourth-order valence-electron chi connectivity index (χ4n) is 2.33. The highest BCUT2D eigenvalue weighted by molar-refractivity contribution is 7.18. The monoisotopic (exact) mass is 351 g/mol. The van der Waals surface area contributed by atoms with E-state index in [1.165, 1.54) is 10.4 Å². The molecule has 1 N–H and O–H groups in total. The van der Waals surface area contributed by atoms with E-state index in [9.17, 15) is 0 Å². The molecule has 3 nitrogen and oxygen atoms in total. The third kappa shape index (κ3) is 2.91. The van der Waals surface area contributed by atoms with Gasteiger partial charge in [0.2, 0.25) is 0 Å². The number of nitrogens with one attached hydrogen (secondary N) is 1. The lowest BCUT2D eigenvalue weighted by Gasteiger charge is -2.10. The summed E-state index contributed by atoms with van der Waals surface area (Å²) in [7, 11) is 0. The van der Waals surface area contributed by atoms with Crippen molar-refractivity contribution in [1.82, 2.24) is 9.97 Å². The number of anilines is 1. The van der Waals surface area contributed by atoms with Crippen LogP contribution in [0.5, 0.6) is 0 Å². The minimum atomic E-state index is 0.593. The molecule has 22 heavy (non-hydrogen) atoms. The Morgan fingerprint density at radius 1 is 1.14 bits per heavy atom. The van der Waals surface area contributed by atoms with Crippen LogP contribution in [0.3, 0.4) is 0 Å². The summed E-state index contributed by atoms with van der Waals surface area (Å²) < 4.78 is 0. The zero-order valence-electron chi connectivity index (χ0n) is 12.5. The first-order chi connectivity index (χ1) is 10.5. The highest BCUT2D eigenvalue weighted by atomic mass is 35.5. The van der Waals surface area contributed by atoms with Crippen molar-refractivity contribution in [1.29, 1.82) is 0 Å². The van der Waals surface area contributed by atoms with Crippen molar-refractivity contribution in [3.63, 3.8) is 0 Å². The minimum Gasteiger partial charge on any atom is -0.365 e. The van der Waals surface area contributed by atoms with Gasteiger partial charge in [0, 0.05) is 21.5 Å². The van der Waals surface area contributed by atoms with Gasteiger partial charge in [0.05, 0.1) is 5.39 Å². The Labute approximate surface area is 143 Å². The van der Waals surface area contributed by atoms with E-state index in [0.29, 0.717) is 16.6 Å². The van der Waals surface area contributed by atoms with E-state index in [0.717, 1.165) is 27.4 Å². The number of nitrogens with zero attached hydrogens (tertiary/aromatic N) is 2. The van der Waals surface area contributed by atoms with Gasteiger partial charge in [-0.1, -0.05) is 29.3 Å². The van der Waals surface area contributed by atoms with Gasteiger partial charge in [-0.25, -0.2) is 9.97 Å². The van der Waals surface area contributed by atoms with Crippen LogP contribution in [-0.2, 0) is 6.54 Å². The van der Waals surface area contributed by atoms with E-state index >= 15 is 0 Å². The molecule has 0 spiro atoms. The van der Waals surface area contributed by atoms with Crippen molar-refractivity contribution in [2.75, 3.05) is 5.32 Å². The highest BCUT2D eigenvalue weighted by Crippen LogP contribution is 2.33. The van der Waals surface area contributed by atoms with Gasteiger partial charge in [-0.15, -0.1) is 11.3 Å². The molecular formula is C16H15Cl2N3S. The lowest BCUT2D eigenvalue weighted by Crippen LogP contribution is -2.04. The Morgan fingerprint density at radius 2 is 1.91 bits per heavy atom. The maximum Gasteiger partial charge on any atom is 0.139 e. The van der Waals surface area contributed by atoms with Gasteiger partial charge in [0.25, 0.3) is 0 Å². The maximum atomic E-state index is 6.23. The van der Waals surface area contributed by atoms with E-state index in [-0.39, 0.29) is 0 Å². The maximum absolute atomic E-state index is 6.23. The highest BCUT2D eigenvalue weighted by Gasteiger charge is 2.13. The fourth-order valence-corrected chi connectivity index (χ4v) is 3.88. The predicted molar refractivity (Wildman–Crippen MR) is 95.4 cm³/mol. The lowest BCUT2D eigenvalue weighted by molar-refractivity contribution is 1.05. The molecule has 0 fully saturated rings. The summed E-state index contributed by atoms with van der Waals surface area (Å²) in [6.07, 6.45) is 0. The number of aryl methyl sites for hydroxylation is 3. The number of benzene rings is 1. The summed E-state index contributed by atoms with van der Waals surface area (Å²) in [6, 6.07) is 5.51. The molecule has 0 saturated carbocycles. The molecule has 0 bridgehead atoms. The van der Waals surface area contributed by atoms with Crippen molar-refractivity contribution in [2.45, 2.75) is 27.3 Å². The van der Waals surface area contributed by atoms with E-state index in [1.807, 2.05) is 19.1 Å². The summed E-state index contributed by atoms with van der Waals surface area (Å²) in [4.78, 5) is 11.4. The zero-order valence-corrected chi connectivity index (χ0v) is 14.8. The van der Waals surface area contributed by atoms with Crippen LogP contribution >= 0.6 is 34.5 Å². The number of hydrogen-bond acceptors (Lipinski definition) is 4. The molecule has 2 heterocycles. The Bertz CT molecular complexity index is 858. The van der Waals surface area contributed by atoms with Crippen LogP contribution in [0.2, 0.25) is 10.0 Å². The average Bonchev–Trinajstić information content (AvgIpc) is 2.72. The van der Waals surface area contributed by atoms with Gasteiger partial charge >= 0.3 is 0 Å². The number of rotatable bonds is 3. The minimum absolute atomic E-state index is 0.593. The Hall–Kier alpha value is -1.36. The quantitative estimate of drug-likeness (QED) is 0.673. The van der Waals surface area contributed by atoms with Gasteiger partial charge in [-0.05, 0) is 44.0 Å². The number of thiophene rings is 1. The standard InChI is InChI=1S/C16H15Cl2N3S/c1-8-9(2)22-16-14(8)15(20-10(3)21-16)19-7-11-4-5-12(17)6-13(11)18/h4-6H,7H2,1-3H3,(H,19,20,21). The number of fused-ring (bicyclic) bond motifs is 1. The summed E-state index contributed by atoms with van der Waals surface area (Å²) in [5, 5.41) is 5.77. The summed E-state index contributed by atoms with van der Waals surface area (Å²) >= 11 is 13.9. The van der Waals surface area contributed by atoms with E-state index < -0.39 is 0 Å². The second-order valence-electron chi connectivity index (χ2n) is 5.17. The SMILES string of the molecule is Cc1nc(NCc2ccc(Cl)cc2Cl)c2c(C)c(C)sc2n1. The topological polar surface area (TPSA) is 37.8 Å². The second-order valence-corrected chi connectivity index (χ2v) is 7.22. The largest absolute Gasteiger partial charge is 0.365 e. The van der Waals surface area contributed by atoms with Crippen LogP contribution in [0.15, 0.2) is 18.2 Å². The normalized spacial score (nSPS) is 11.1. The average molecular weight is 352 g/mol. The van der Waals surface area contributed by atoms with Gasteiger partial charge in [0.15, 0.2) is 0 Å². The molecule has 3 aromatic rings. The number of halogens is 2. The zero-order chi connectivity index (χ0) is 15.9. The molecule has 0 aliphatic heterocycles. The van der Waals surface area contributed by atoms with Crippen LogP contribution in [0.4, 0.5) is 5.82 Å². The molecule has 6 heteroatoms. The smallest absolute Gasteiger partial charge is 0.139 e. The van der Waals surface area contributed by atoms with Crippen LogP contribution in [0.25, 0.3) is 10.2 Å². The van der Waals surface area contributed by atoms with E-state index in [1.54, 1.807) is 17.4 Å². The lowest BCUT2D eigenvalue weighted by atomic mass is 10.2. The van der Waals surface area contributed by atoms with E-state index in [2.05, 4.69) is 29.1 Å². The molecule has 0 saturated heterocycles. The van der Waals surface area contributed by atoms with Crippen molar-refractivity contribution in [3.8, 4) is 0 Å². The first-order valence-electron chi connectivity index (χ1n) is 6.88. The molecule has 3 rings (SSSR count). The van der Waals surface area contributed by atoms with Gasteiger partial charge < -0.3 is 5.32 Å². The summed E-state index contributed by atoms with van der Waals surface area (Å²) in [5.41, 5.74) is 2.21. The third-order valence-electron chi connectivity index (χ3n) is 3.60. The van der Waals surface area contributed by atoms with Crippen LogP contribution in [0.1, 0.15) is 21.8 Å². The fraction of sp³-hybridized carbons (Fsp3) is 0.250. The van der Waals surface area contributed by atoms with Gasteiger partial charge in [-0.2, -0.15) is 0 Å². The third-order valence-corrected chi connectivity index (χ3v) is 5.29. The second kappa shape index (κ2) is 6.03. The Balaban J connectivity index is 1.96. The molecule has 0 aliphatic rings. The van der Waals surface area contributed by atoms with Crippen LogP contribution in [0, 0.1) is 20.8 Å². The molecule has 0 amide bonds. The molecule has 1 aromatic carbocycles. The van der Waals surface area contributed by atoms with Gasteiger partial charge in [-0.3, -0.25) is 0 Å². The number of aromatic nitrogens is 2. The molecular weight excluding hydrogens is 337 g/mol. The Morgan fingerprint density at radius 3 is 2.64 bits per heavy atom. The molecule has 0 radical (unpaired) electrons. The molecule has 114 valence electrons. The van der Waals surface area contributed by atoms with Crippen molar-refractivity contribution >= 4 is 50.6 Å². The molecule has 0 atom stereocenters.